The van der Waals surface area contributed by atoms with Crippen LogP contribution in [-0.2, 0) is 11.2 Å². The molecule has 0 aliphatic carbocycles. The van der Waals surface area contributed by atoms with E-state index in [1.165, 1.54) is 11.1 Å². The lowest BCUT2D eigenvalue weighted by molar-refractivity contribution is -0.121. The van der Waals surface area contributed by atoms with Crippen LogP contribution in [0.4, 0.5) is 0 Å². The first-order valence-corrected chi connectivity index (χ1v) is 7.01. The highest BCUT2D eigenvalue weighted by molar-refractivity contribution is 6.20. The van der Waals surface area contributed by atoms with E-state index < -0.39 is 0 Å². The summed E-state index contributed by atoms with van der Waals surface area (Å²) < 4.78 is 0. The van der Waals surface area contributed by atoms with E-state index in [-0.39, 0.29) is 11.3 Å². The number of nitrogens with one attached hydrogen (secondary N) is 1. The van der Waals surface area contributed by atoms with Gasteiger partial charge in [-0.05, 0) is 31.7 Å². The summed E-state index contributed by atoms with van der Waals surface area (Å²) in [5.41, 5.74) is 2.45. The first-order chi connectivity index (χ1) is 8.61. The zero-order valence-corrected chi connectivity index (χ0v) is 12.0. The zero-order chi connectivity index (χ0) is 13.4. The maximum absolute atomic E-state index is 11.6. The molecule has 0 fully saturated rings. The molecule has 3 heteroatoms. The summed E-state index contributed by atoms with van der Waals surface area (Å²) in [6.45, 7) is 4.79. The van der Waals surface area contributed by atoms with Crippen molar-refractivity contribution in [2.75, 3.05) is 6.54 Å². The Labute approximate surface area is 115 Å². The van der Waals surface area contributed by atoms with Crippen molar-refractivity contribution in [1.29, 1.82) is 0 Å². The van der Waals surface area contributed by atoms with Gasteiger partial charge in [0.1, 0.15) is 0 Å². The molecule has 0 radical (unpaired) electrons. The Morgan fingerprint density at radius 3 is 2.89 bits per heavy atom. The zero-order valence-electron chi connectivity index (χ0n) is 11.2. The van der Waals surface area contributed by atoms with Gasteiger partial charge >= 0.3 is 0 Å². The Hall–Kier alpha value is -1.02. The lowest BCUT2D eigenvalue weighted by Crippen LogP contribution is -2.26. The van der Waals surface area contributed by atoms with E-state index >= 15 is 0 Å². The number of carbonyl (C=O) groups is 1. The van der Waals surface area contributed by atoms with E-state index in [1.54, 1.807) is 0 Å². The van der Waals surface area contributed by atoms with Crippen LogP contribution in [0.5, 0.6) is 0 Å². The maximum atomic E-state index is 11.6. The van der Waals surface area contributed by atoms with Crippen LogP contribution in [0.15, 0.2) is 24.3 Å². The van der Waals surface area contributed by atoms with E-state index in [0.717, 1.165) is 19.3 Å². The van der Waals surface area contributed by atoms with Crippen molar-refractivity contribution in [2.24, 2.45) is 0 Å². The van der Waals surface area contributed by atoms with Crippen LogP contribution in [0.25, 0.3) is 0 Å². The Kier molecular flexibility index (Phi) is 6.81. The highest BCUT2D eigenvalue weighted by Gasteiger charge is 2.04. The Morgan fingerprint density at radius 1 is 1.44 bits per heavy atom. The normalized spacial score (nSPS) is 12.2. The second-order valence-electron chi connectivity index (χ2n) is 4.63. The highest BCUT2D eigenvalue weighted by atomic mass is 35.5. The van der Waals surface area contributed by atoms with Gasteiger partial charge in [-0.25, -0.2) is 0 Å². The standard InChI is InChI=1S/C15H22ClNO/c1-3-14(16)9-10-17-15(18)8-7-13-6-4-5-12(2)11-13/h4-6,11,14H,3,7-10H2,1-2H3,(H,17,18). The number of alkyl halides is 1. The van der Waals surface area contributed by atoms with Crippen molar-refractivity contribution in [3.05, 3.63) is 35.4 Å². The number of hydrogen-bond acceptors (Lipinski definition) is 1. The summed E-state index contributed by atoms with van der Waals surface area (Å²) in [6.07, 6.45) is 3.13. The fraction of sp³-hybridized carbons (Fsp3) is 0.533. The van der Waals surface area contributed by atoms with Crippen LogP contribution < -0.4 is 5.32 Å². The Balaban J connectivity index is 2.21. The molecule has 1 amide bonds. The smallest absolute Gasteiger partial charge is 0.220 e. The third-order valence-electron chi connectivity index (χ3n) is 2.95. The van der Waals surface area contributed by atoms with Crippen LogP contribution in [0.1, 0.15) is 37.3 Å². The number of amides is 1. The molecule has 1 unspecified atom stereocenters. The van der Waals surface area contributed by atoms with Crippen molar-refractivity contribution in [2.45, 2.75) is 44.9 Å². The van der Waals surface area contributed by atoms with Gasteiger partial charge in [-0.2, -0.15) is 0 Å². The minimum atomic E-state index is 0.108. The van der Waals surface area contributed by atoms with Crippen molar-refractivity contribution < 1.29 is 4.79 Å². The van der Waals surface area contributed by atoms with E-state index in [0.29, 0.717) is 13.0 Å². The molecule has 0 aliphatic heterocycles. The van der Waals surface area contributed by atoms with E-state index in [9.17, 15) is 4.79 Å². The van der Waals surface area contributed by atoms with E-state index in [1.807, 2.05) is 6.07 Å². The molecule has 1 atom stereocenters. The van der Waals surface area contributed by atoms with Gasteiger partial charge in [-0.3, -0.25) is 4.79 Å². The number of carbonyl (C=O) groups excluding carboxylic acids is 1. The van der Waals surface area contributed by atoms with Gasteiger partial charge in [-0.1, -0.05) is 36.8 Å². The van der Waals surface area contributed by atoms with E-state index in [4.69, 9.17) is 11.6 Å². The minimum Gasteiger partial charge on any atom is -0.356 e. The van der Waals surface area contributed by atoms with E-state index in [2.05, 4.69) is 37.4 Å². The van der Waals surface area contributed by atoms with Gasteiger partial charge in [0.05, 0.1) is 0 Å². The average molecular weight is 268 g/mol. The molecule has 2 nitrogen and oxygen atoms in total. The monoisotopic (exact) mass is 267 g/mol. The largest absolute Gasteiger partial charge is 0.356 e. The van der Waals surface area contributed by atoms with Crippen LogP contribution in [-0.4, -0.2) is 17.8 Å². The summed E-state index contributed by atoms with van der Waals surface area (Å²) >= 11 is 5.99. The SMILES string of the molecule is CCC(Cl)CCNC(=O)CCc1cccc(C)c1. The number of aryl methyl sites for hydroxylation is 2. The fourth-order valence-electron chi connectivity index (χ4n) is 1.79. The molecule has 1 N–H and O–H groups in total. The van der Waals surface area contributed by atoms with Crippen molar-refractivity contribution >= 4 is 17.5 Å². The van der Waals surface area contributed by atoms with Crippen molar-refractivity contribution in [3.8, 4) is 0 Å². The lowest BCUT2D eigenvalue weighted by Gasteiger charge is -2.08. The molecule has 0 heterocycles. The number of rotatable bonds is 7. The molecule has 1 aromatic carbocycles. The second kappa shape index (κ2) is 8.15. The molecule has 18 heavy (non-hydrogen) atoms. The van der Waals surface area contributed by atoms with Gasteiger partial charge in [0.2, 0.25) is 5.91 Å². The molecule has 100 valence electrons. The molecule has 0 saturated carbocycles. The molecule has 0 bridgehead atoms. The summed E-state index contributed by atoms with van der Waals surface area (Å²) in [5, 5.41) is 3.08. The predicted molar refractivity (Wildman–Crippen MR) is 77.1 cm³/mol. The van der Waals surface area contributed by atoms with Crippen molar-refractivity contribution in [1.82, 2.24) is 5.32 Å². The minimum absolute atomic E-state index is 0.108. The van der Waals surface area contributed by atoms with Gasteiger partial charge in [0.15, 0.2) is 0 Å². The molecule has 0 saturated heterocycles. The Morgan fingerprint density at radius 2 is 2.22 bits per heavy atom. The topological polar surface area (TPSA) is 29.1 Å². The van der Waals surface area contributed by atoms with Crippen LogP contribution in [0.2, 0.25) is 0 Å². The molecule has 0 aliphatic rings. The Bertz CT molecular complexity index is 379. The molecule has 0 aromatic heterocycles. The van der Waals surface area contributed by atoms with Crippen LogP contribution in [0.3, 0.4) is 0 Å². The fourth-order valence-corrected chi connectivity index (χ4v) is 1.90. The third kappa shape index (κ3) is 6.06. The molecule has 1 aromatic rings. The third-order valence-corrected chi connectivity index (χ3v) is 3.47. The molecule has 0 spiro atoms. The summed E-state index contributed by atoms with van der Waals surface area (Å²) in [5.74, 6) is 0.108. The highest BCUT2D eigenvalue weighted by Crippen LogP contribution is 2.07. The molecular weight excluding hydrogens is 246 g/mol. The second-order valence-corrected chi connectivity index (χ2v) is 5.25. The predicted octanol–water partition coefficient (Wildman–Crippen LogP) is 3.45. The maximum Gasteiger partial charge on any atom is 0.220 e. The first kappa shape index (κ1) is 15.0. The molecular formula is C15H22ClNO. The van der Waals surface area contributed by atoms with Gasteiger partial charge < -0.3 is 5.32 Å². The summed E-state index contributed by atoms with van der Waals surface area (Å²) in [4.78, 5) is 11.6. The average Bonchev–Trinajstić information content (AvgIpc) is 2.36. The van der Waals surface area contributed by atoms with Crippen LogP contribution >= 0.6 is 11.6 Å². The van der Waals surface area contributed by atoms with Gasteiger partial charge in [0.25, 0.3) is 0 Å². The quantitative estimate of drug-likeness (QED) is 0.754. The summed E-state index contributed by atoms with van der Waals surface area (Å²) in [7, 11) is 0. The number of hydrogen-bond donors (Lipinski definition) is 1. The van der Waals surface area contributed by atoms with Crippen molar-refractivity contribution in [3.63, 3.8) is 0 Å². The van der Waals surface area contributed by atoms with Crippen LogP contribution in [0, 0.1) is 6.92 Å². The molecule has 1 rings (SSSR count). The number of benzene rings is 1. The number of halogens is 1. The van der Waals surface area contributed by atoms with Gasteiger partial charge in [-0.15, -0.1) is 11.6 Å². The van der Waals surface area contributed by atoms with Gasteiger partial charge in [0, 0.05) is 18.3 Å². The lowest BCUT2D eigenvalue weighted by atomic mass is 10.1. The first-order valence-electron chi connectivity index (χ1n) is 6.58. The summed E-state index contributed by atoms with van der Waals surface area (Å²) in [6, 6.07) is 8.28.